The molecule has 176 valence electrons. The second kappa shape index (κ2) is 10.2. The van der Waals surface area contributed by atoms with Crippen molar-refractivity contribution >= 4 is 17.1 Å². The summed E-state index contributed by atoms with van der Waals surface area (Å²) >= 11 is 0. The molecule has 8 nitrogen and oxygen atoms in total. The van der Waals surface area contributed by atoms with Gasteiger partial charge in [0.2, 0.25) is 0 Å². The van der Waals surface area contributed by atoms with E-state index in [1.165, 1.54) is 11.5 Å². The minimum absolute atomic E-state index is 0.219. The molecule has 4 rings (SSSR count). The number of aromatic nitrogens is 4. The van der Waals surface area contributed by atoms with Gasteiger partial charge in [-0.15, -0.1) is 0 Å². The summed E-state index contributed by atoms with van der Waals surface area (Å²) < 4.78 is 10.0. The number of aryl methyl sites for hydroxylation is 1. The van der Waals surface area contributed by atoms with E-state index in [0.717, 1.165) is 37.1 Å². The average Bonchev–Trinajstić information content (AvgIpc) is 3.45. The van der Waals surface area contributed by atoms with Gasteiger partial charge >= 0.3 is 11.7 Å². The van der Waals surface area contributed by atoms with E-state index in [1.54, 1.807) is 4.57 Å². The summed E-state index contributed by atoms with van der Waals surface area (Å²) in [6.07, 6.45) is 5.53. The monoisotopic (exact) mass is 452 g/mol. The van der Waals surface area contributed by atoms with Gasteiger partial charge in [0.1, 0.15) is 5.82 Å². The molecule has 2 heterocycles. The number of carbonyl (C=O) groups excluding carboxylic acids is 1. The topological polar surface area (TPSA) is 88.1 Å². The Bertz CT molecular complexity index is 1230. The lowest BCUT2D eigenvalue weighted by Gasteiger charge is -2.14. The predicted molar refractivity (Wildman–Crippen MR) is 127 cm³/mol. The first kappa shape index (κ1) is 23.0. The fraction of sp³-hybridized carbons (Fsp3) is 0.520. The third-order valence-electron chi connectivity index (χ3n) is 6.33. The molecule has 33 heavy (non-hydrogen) atoms. The molecule has 0 N–H and O–H groups in total. The van der Waals surface area contributed by atoms with Crippen molar-refractivity contribution in [3.8, 4) is 0 Å². The van der Waals surface area contributed by atoms with Gasteiger partial charge in [0, 0.05) is 32.5 Å². The van der Waals surface area contributed by atoms with Crippen LogP contribution in [-0.2, 0) is 29.2 Å². The molecular formula is C25H32N4O4. The molecule has 8 heteroatoms. The van der Waals surface area contributed by atoms with E-state index in [2.05, 4.69) is 0 Å². The third-order valence-corrected chi connectivity index (χ3v) is 6.33. The summed E-state index contributed by atoms with van der Waals surface area (Å²) in [6.45, 7) is 4.76. The van der Waals surface area contributed by atoms with Crippen LogP contribution in [0.3, 0.4) is 0 Å². The third kappa shape index (κ3) is 4.79. The van der Waals surface area contributed by atoms with Crippen LogP contribution < -0.4 is 11.2 Å². The zero-order valence-electron chi connectivity index (χ0n) is 19.5. The fourth-order valence-corrected chi connectivity index (χ4v) is 4.79. The number of rotatable bonds is 9. The van der Waals surface area contributed by atoms with Crippen LogP contribution >= 0.6 is 0 Å². The van der Waals surface area contributed by atoms with Crippen molar-refractivity contribution in [2.24, 2.45) is 0 Å². The number of ether oxygens (including phenoxy) is 1. The van der Waals surface area contributed by atoms with Gasteiger partial charge in [-0.1, -0.05) is 50.1 Å². The second-order valence-corrected chi connectivity index (χ2v) is 8.78. The lowest BCUT2D eigenvalue weighted by atomic mass is 10.1. The average molecular weight is 453 g/mol. The van der Waals surface area contributed by atoms with Gasteiger partial charge < -0.3 is 9.30 Å². The summed E-state index contributed by atoms with van der Waals surface area (Å²) in [5.74, 6) is 0.828. The van der Waals surface area contributed by atoms with Crippen molar-refractivity contribution in [1.29, 1.82) is 0 Å². The van der Waals surface area contributed by atoms with Gasteiger partial charge in [-0.2, -0.15) is 0 Å². The maximum atomic E-state index is 13.6. The molecule has 2 aromatic heterocycles. The van der Waals surface area contributed by atoms with Gasteiger partial charge in [-0.25, -0.2) is 9.78 Å². The Morgan fingerprint density at radius 2 is 1.79 bits per heavy atom. The van der Waals surface area contributed by atoms with Crippen molar-refractivity contribution in [3.63, 3.8) is 0 Å². The van der Waals surface area contributed by atoms with Gasteiger partial charge in [0.25, 0.3) is 5.56 Å². The highest BCUT2D eigenvalue weighted by Crippen LogP contribution is 2.35. The van der Waals surface area contributed by atoms with Crippen LogP contribution in [0.2, 0.25) is 0 Å². The molecule has 0 unspecified atom stereocenters. The normalized spacial score (nSPS) is 14.2. The zero-order chi connectivity index (χ0) is 23.4. The van der Waals surface area contributed by atoms with Gasteiger partial charge in [-0.05, 0) is 31.2 Å². The molecule has 1 saturated carbocycles. The quantitative estimate of drug-likeness (QED) is 0.367. The number of benzene rings is 1. The van der Waals surface area contributed by atoms with E-state index in [4.69, 9.17) is 9.72 Å². The Labute approximate surface area is 192 Å². The number of carbonyl (C=O) groups is 1. The number of nitrogens with zero attached hydrogens (tertiary/aromatic N) is 4. The first-order valence-electron chi connectivity index (χ1n) is 11.9. The number of hydrogen-bond donors (Lipinski definition) is 0. The lowest BCUT2D eigenvalue weighted by Crippen LogP contribution is -2.40. The minimum Gasteiger partial charge on any atom is -0.466 e. The highest BCUT2D eigenvalue weighted by atomic mass is 16.5. The molecule has 1 fully saturated rings. The molecular weight excluding hydrogens is 420 g/mol. The first-order valence-corrected chi connectivity index (χ1v) is 11.9. The molecule has 1 aliphatic rings. The van der Waals surface area contributed by atoms with Crippen molar-refractivity contribution in [2.45, 2.75) is 77.9 Å². The van der Waals surface area contributed by atoms with Crippen molar-refractivity contribution < 1.29 is 9.53 Å². The van der Waals surface area contributed by atoms with Crippen LogP contribution in [-0.4, -0.2) is 31.3 Å². The highest BCUT2D eigenvalue weighted by Gasteiger charge is 2.27. The van der Waals surface area contributed by atoms with Gasteiger partial charge in [0.05, 0.1) is 6.61 Å². The summed E-state index contributed by atoms with van der Waals surface area (Å²) in [7, 11) is 0. The standard InChI is InChI=1S/C25H32N4O4/c1-3-14-28-24(31)21-23(27(25(28)32)15-9-16-33-18(2)30)26-22(20-12-7-8-13-20)29(21)17-19-10-5-4-6-11-19/h4-6,10-11,20H,3,7-9,12-17H2,1-2H3. The summed E-state index contributed by atoms with van der Waals surface area (Å²) in [4.78, 5) is 42.9. The number of imidazole rings is 1. The number of esters is 1. The van der Waals surface area contributed by atoms with E-state index >= 15 is 0 Å². The van der Waals surface area contributed by atoms with Gasteiger partial charge in [0.15, 0.2) is 11.2 Å². The van der Waals surface area contributed by atoms with Crippen molar-refractivity contribution in [2.75, 3.05) is 6.61 Å². The first-order chi connectivity index (χ1) is 16.0. The van der Waals surface area contributed by atoms with Crippen LogP contribution in [0, 0.1) is 0 Å². The molecule has 0 spiro atoms. The Kier molecular flexibility index (Phi) is 7.11. The summed E-state index contributed by atoms with van der Waals surface area (Å²) in [5.41, 5.74) is 1.39. The Balaban J connectivity index is 1.89. The van der Waals surface area contributed by atoms with E-state index in [-0.39, 0.29) is 29.7 Å². The molecule has 1 aromatic carbocycles. The summed E-state index contributed by atoms with van der Waals surface area (Å²) in [6, 6.07) is 10.0. The molecule has 3 aromatic rings. The minimum atomic E-state index is -0.348. The van der Waals surface area contributed by atoms with Gasteiger partial charge in [-0.3, -0.25) is 18.7 Å². The number of fused-ring (bicyclic) bond motifs is 1. The van der Waals surface area contributed by atoms with E-state index < -0.39 is 0 Å². The highest BCUT2D eigenvalue weighted by molar-refractivity contribution is 5.71. The second-order valence-electron chi connectivity index (χ2n) is 8.78. The van der Waals surface area contributed by atoms with Crippen LogP contribution in [0.4, 0.5) is 0 Å². The Morgan fingerprint density at radius 3 is 2.45 bits per heavy atom. The number of hydrogen-bond acceptors (Lipinski definition) is 5. The van der Waals surface area contributed by atoms with Crippen LogP contribution in [0.1, 0.15) is 69.7 Å². The van der Waals surface area contributed by atoms with Crippen LogP contribution in [0.5, 0.6) is 0 Å². The molecule has 0 saturated heterocycles. The molecule has 0 amide bonds. The molecule has 0 radical (unpaired) electrons. The van der Waals surface area contributed by atoms with E-state index in [0.29, 0.717) is 43.6 Å². The molecule has 0 atom stereocenters. The van der Waals surface area contributed by atoms with Crippen molar-refractivity contribution in [1.82, 2.24) is 18.7 Å². The SMILES string of the molecule is CCCn1c(=O)c2c(nc(C3CCCC3)n2Cc2ccccc2)n(CCCOC(C)=O)c1=O. The largest absolute Gasteiger partial charge is 0.466 e. The molecule has 0 bridgehead atoms. The smallest absolute Gasteiger partial charge is 0.332 e. The fourth-order valence-electron chi connectivity index (χ4n) is 4.79. The summed E-state index contributed by atoms with van der Waals surface area (Å²) in [5, 5.41) is 0. The van der Waals surface area contributed by atoms with E-state index in [1.807, 2.05) is 41.8 Å². The Hall–Kier alpha value is -3.16. The van der Waals surface area contributed by atoms with Crippen molar-refractivity contribution in [3.05, 3.63) is 62.6 Å². The molecule has 0 aliphatic heterocycles. The van der Waals surface area contributed by atoms with Crippen LogP contribution in [0.15, 0.2) is 39.9 Å². The van der Waals surface area contributed by atoms with Crippen LogP contribution in [0.25, 0.3) is 11.2 Å². The predicted octanol–water partition coefficient (Wildman–Crippen LogP) is 3.43. The van der Waals surface area contributed by atoms with E-state index in [9.17, 15) is 14.4 Å². The Morgan fingerprint density at radius 1 is 1.06 bits per heavy atom. The molecule has 1 aliphatic carbocycles. The zero-order valence-corrected chi connectivity index (χ0v) is 19.5. The maximum Gasteiger partial charge on any atom is 0.332 e. The maximum absolute atomic E-state index is 13.6. The lowest BCUT2D eigenvalue weighted by molar-refractivity contribution is -0.141.